The topological polar surface area (TPSA) is 50.9 Å². The molecule has 0 radical (unpaired) electrons. The molecule has 88 valence electrons. The maximum absolute atomic E-state index is 5.99. The van der Waals surface area contributed by atoms with Gasteiger partial charge in [-0.2, -0.15) is 0 Å². The minimum atomic E-state index is 0.441. The number of hydrogen-bond acceptors (Lipinski definition) is 3. The molecule has 3 nitrogen and oxygen atoms in total. The molecule has 0 aliphatic heterocycles. The summed E-state index contributed by atoms with van der Waals surface area (Å²) in [7, 11) is 0. The van der Waals surface area contributed by atoms with E-state index in [-0.39, 0.29) is 0 Å². The molecule has 2 rings (SSSR count). The van der Waals surface area contributed by atoms with Crippen molar-refractivity contribution in [2.24, 2.45) is 0 Å². The lowest BCUT2D eigenvalue weighted by Crippen LogP contribution is -1.96. The fraction of sp³-hybridized carbons (Fsp3) is 0. The monoisotopic (exact) mass is 287 g/mol. The van der Waals surface area contributed by atoms with Crippen molar-refractivity contribution in [1.29, 1.82) is 0 Å². The highest BCUT2D eigenvalue weighted by molar-refractivity contribution is 6.42. The highest BCUT2D eigenvalue weighted by atomic mass is 35.5. The smallest absolute Gasteiger partial charge is 0.149 e. The van der Waals surface area contributed by atoms with Crippen LogP contribution >= 0.6 is 34.8 Å². The molecule has 1 aromatic carbocycles. The first kappa shape index (κ1) is 12.3. The van der Waals surface area contributed by atoms with E-state index >= 15 is 0 Å². The first-order valence-corrected chi connectivity index (χ1v) is 5.83. The summed E-state index contributed by atoms with van der Waals surface area (Å²) < 4.78 is 0. The first-order valence-electron chi connectivity index (χ1n) is 4.69. The highest BCUT2D eigenvalue weighted by Gasteiger charge is 2.04. The largest absolute Gasteiger partial charge is 0.397 e. The Kier molecular flexibility index (Phi) is 3.62. The van der Waals surface area contributed by atoms with E-state index in [2.05, 4.69) is 10.3 Å². The lowest BCUT2D eigenvalue weighted by Gasteiger charge is -2.08. The van der Waals surface area contributed by atoms with Crippen molar-refractivity contribution in [3.05, 3.63) is 45.5 Å². The third kappa shape index (κ3) is 2.94. The summed E-state index contributed by atoms with van der Waals surface area (Å²) in [4.78, 5) is 4.08. The Labute approximate surface area is 114 Å². The molecule has 0 atom stereocenters. The summed E-state index contributed by atoms with van der Waals surface area (Å²) in [5, 5.41) is 4.42. The lowest BCUT2D eigenvalue weighted by atomic mass is 10.3. The van der Waals surface area contributed by atoms with Gasteiger partial charge in [-0.05, 0) is 24.3 Å². The van der Waals surface area contributed by atoms with E-state index in [1.165, 1.54) is 6.20 Å². The van der Waals surface area contributed by atoms with E-state index in [0.29, 0.717) is 26.6 Å². The Balaban J connectivity index is 2.28. The second kappa shape index (κ2) is 5.00. The van der Waals surface area contributed by atoms with E-state index in [0.717, 1.165) is 5.69 Å². The quantitative estimate of drug-likeness (QED) is 0.863. The summed E-state index contributed by atoms with van der Waals surface area (Å²) in [5.74, 6) is 0.513. The second-order valence-electron chi connectivity index (χ2n) is 3.35. The van der Waals surface area contributed by atoms with Gasteiger partial charge in [0.1, 0.15) is 5.82 Å². The van der Waals surface area contributed by atoms with Crippen LogP contribution in [-0.4, -0.2) is 4.98 Å². The summed E-state index contributed by atoms with van der Waals surface area (Å²) in [5.41, 5.74) is 6.81. The van der Waals surface area contributed by atoms with Gasteiger partial charge in [-0.15, -0.1) is 0 Å². The molecule has 0 fully saturated rings. The van der Waals surface area contributed by atoms with E-state index < -0.39 is 0 Å². The number of rotatable bonds is 2. The number of benzene rings is 1. The van der Waals surface area contributed by atoms with Crippen molar-refractivity contribution in [1.82, 2.24) is 4.98 Å². The number of hydrogen-bond donors (Lipinski definition) is 2. The normalized spacial score (nSPS) is 10.3. The minimum Gasteiger partial charge on any atom is -0.397 e. The van der Waals surface area contributed by atoms with Crippen molar-refractivity contribution in [3.63, 3.8) is 0 Å². The number of pyridine rings is 1. The van der Waals surface area contributed by atoms with Crippen molar-refractivity contribution < 1.29 is 0 Å². The van der Waals surface area contributed by atoms with Crippen molar-refractivity contribution in [2.75, 3.05) is 11.1 Å². The van der Waals surface area contributed by atoms with Crippen LogP contribution in [-0.2, 0) is 0 Å². The molecule has 0 spiro atoms. The van der Waals surface area contributed by atoms with E-state index in [9.17, 15) is 0 Å². The summed E-state index contributed by atoms with van der Waals surface area (Å²) >= 11 is 17.7. The fourth-order valence-electron chi connectivity index (χ4n) is 1.26. The number of halogens is 3. The van der Waals surface area contributed by atoms with Crippen molar-refractivity contribution in [3.8, 4) is 0 Å². The van der Waals surface area contributed by atoms with E-state index in [1.807, 2.05) is 0 Å². The third-order valence-corrected chi connectivity index (χ3v) is 3.07. The number of nitrogens with two attached hydrogens (primary N) is 1. The average Bonchev–Trinajstić information content (AvgIpc) is 2.27. The molecule has 1 heterocycles. The van der Waals surface area contributed by atoms with Crippen molar-refractivity contribution >= 4 is 52.0 Å². The molecule has 6 heteroatoms. The molecule has 0 unspecified atom stereocenters. The standard InChI is InChI=1S/C11H8Cl3N3/c12-8-2-1-7(4-9(8)13)17-11-10(14)3-6(15)5-16-11/h1-5H,15H2,(H,16,17). The maximum Gasteiger partial charge on any atom is 0.149 e. The van der Waals surface area contributed by atoms with Gasteiger partial charge in [0.2, 0.25) is 0 Å². The summed E-state index contributed by atoms with van der Waals surface area (Å²) in [6.07, 6.45) is 1.52. The first-order chi connectivity index (χ1) is 8.06. The van der Waals surface area contributed by atoms with Crippen molar-refractivity contribution in [2.45, 2.75) is 0 Å². The second-order valence-corrected chi connectivity index (χ2v) is 4.57. The van der Waals surface area contributed by atoms with Gasteiger partial charge in [-0.1, -0.05) is 34.8 Å². The Bertz CT molecular complexity index is 558. The van der Waals surface area contributed by atoms with Gasteiger partial charge in [-0.3, -0.25) is 0 Å². The van der Waals surface area contributed by atoms with Crippen LogP contribution in [0.5, 0.6) is 0 Å². The zero-order valence-corrected chi connectivity index (χ0v) is 10.8. The number of nitrogens with zero attached hydrogens (tertiary/aromatic N) is 1. The SMILES string of the molecule is Nc1cnc(Nc2ccc(Cl)c(Cl)c2)c(Cl)c1. The van der Waals surface area contributed by atoms with Gasteiger partial charge < -0.3 is 11.1 Å². The lowest BCUT2D eigenvalue weighted by molar-refractivity contribution is 1.31. The van der Waals surface area contributed by atoms with E-state index in [1.54, 1.807) is 24.3 Å². The maximum atomic E-state index is 5.99. The van der Waals surface area contributed by atoms with Gasteiger partial charge in [0.05, 0.1) is 27.0 Å². The molecule has 0 amide bonds. The molecule has 0 saturated heterocycles. The number of nitrogens with one attached hydrogen (secondary N) is 1. The molecule has 2 aromatic rings. The Morgan fingerprint density at radius 1 is 1.00 bits per heavy atom. The molecule has 0 bridgehead atoms. The van der Waals surface area contributed by atoms with Gasteiger partial charge in [-0.25, -0.2) is 4.98 Å². The molecule has 1 aromatic heterocycles. The molecule has 0 aliphatic rings. The van der Waals surface area contributed by atoms with Gasteiger partial charge in [0.15, 0.2) is 0 Å². The Morgan fingerprint density at radius 2 is 1.76 bits per heavy atom. The van der Waals surface area contributed by atoms with Crippen LogP contribution in [0.2, 0.25) is 15.1 Å². The van der Waals surface area contributed by atoms with Crippen LogP contribution in [0.3, 0.4) is 0 Å². The van der Waals surface area contributed by atoms with Crippen LogP contribution in [0.4, 0.5) is 17.2 Å². The molecule has 17 heavy (non-hydrogen) atoms. The molecule has 0 aliphatic carbocycles. The predicted molar refractivity (Wildman–Crippen MR) is 73.4 cm³/mol. The molecule has 3 N–H and O–H groups in total. The molecular formula is C11H8Cl3N3. The van der Waals surface area contributed by atoms with Crippen LogP contribution in [0.15, 0.2) is 30.5 Å². The number of aromatic nitrogens is 1. The predicted octanol–water partition coefficient (Wildman–Crippen LogP) is 4.37. The van der Waals surface area contributed by atoms with Gasteiger partial charge in [0, 0.05) is 5.69 Å². The summed E-state index contributed by atoms with van der Waals surface area (Å²) in [6, 6.07) is 6.78. The fourth-order valence-corrected chi connectivity index (χ4v) is 1.78. The average molecular weight is 289 g/mol. The Morgan fingerprint density at radius 3 is 2.41 bits per heavy atom. The van der Waals surface area contributed by atoms with Crippen LogP contribution in [0.25, 0.3) is 0 Å². The third-order valence-electron chi connectivity index (χ3n) is 2.04. The highest BCUT2D eigenvalue weighted by Crippen LogP contribution is 2.29. The van der Waals surface area contributed by atoms with Gasteiger partial charge >= 0.3 is 0 Å². The van der Waals surface area contributed by atoms with Crippen LogP contribution in [0, 0.1) is 0 Å². The molecular weight excluding hydrogens is 281 g/mol. The van der Waals surface area contributed by atoms with E-state index in [4.69, 9.17) is 40.5 Å². The number of nitrogen functional groups attached to an aromatic ring is 1. The summed E-state index contributed by atoms with van der Waals surface area (Å²) in [6.45, 7) is 0. The molecule has 0 saturated carbocycles. The minimum absolute atomic E-state index is 0.441. The van der Waals surface area contributed by atoms with Crippen LogP contribution in [0.1, 0.15) is 0 Å². The zero-order valence-electron chi connectivity index (χ0n) is 8.55. The Hall–Kier alpha value is -1.16. The zero-order chi connectivity index (χ0) is 12.4. The number of anilines is 3. The van der Waals surface area contributed by atoms with Crippen LogP contribution < -0.4 is 11.1 Å². The van der Waals surface area contributed by atoms with Gasteiger partial charge in [0.25, 0.3) is 0 Å².